The van der Waals surface area contributed by atoms with Crippen LogP contribution in [0.2, 0.25) is 0 Å². The van der Waals surface area contributed by atoms with Crippen LogP contribution in [0.3, 0.4) is 0 Å². The van der Waals surface area contributed by atoms with Gasteiger partial charge in [-0.25, -0.2) is 0 Å². The molecule has 1 aliphatic rings. The smallest absolute Gasteiger partial charge is 0.0642 e. The summed E-state index contributed by atoms with van der Waals surface area (Å²) in [4.78, 5) is 6.66. The predicted octanol–water partition coefficient (Wildman–Crippen LogP) is 1.74. The SMILES string of the molecule is CCC[C@]1(CO)CN(Cc2cccnc2C)CC[C@@H]1O. The first kappa shape index (κ1) is 15.4. The van der Waals surface area contributed by atoms with E-state index < -0.39 is 6.10 Å². The molecule has 4 heteroatoms. The molecule has 0 amide bonds. The normalized spacial score (nSPS) is 27.7. The summed E-state index contributed by atoms with van der Waals surface area (Å²) in [6.45, 7) is 6.67. The number of piperidine rings is 1. The molecule has 0 saturated carbocycles. The minimum atomic E-state index is -0.390. The molecule has 2 N–H and O–H groups in total. The Balaban J connectivity index is 2.09. The Bertz CT molecular complexity index is 438. The van der Waals surface area contributed by atoms with Gasteiger partial charge in [0.15, 0.2) is 0 Å². The summed E-state index contributed by atoms with van der Waals surface area (Å²) in [7, 11) is 0. The maximum Gasteiger partial charge on any atom is 0.0642 e. The molecular weight excluding hydrogens is 252 g/mol. The first-order valence-corrected chi connectivity index (χ1v) is 7.53. The molecule has 1 aliphatic heterocycles. The Hall–Kier alpha value is -0.970. The van der Waals surface area contributed by atoms with E-state index in [9.17, 15) is 10.2 Å². The van der Waals surface area contributed by atoms with E-state index in [1.165, 1.54) is 5.56 Å². The molecule has 2 atom stereocenters. The van der Waals surface area contributed by atoms with Crippen LogP contribution in [0.4, 0.5) is 0 Å². The Labute approximate surface area is 121 Å². The third kappa shape index (κ3) is 3.19. The van der Waals surface area contributed by atoms with Gasteiger partial charge < -0.3 is 10.2 Å². The predicted molar refractivity (Wildman–Crippen MR) is 79.3 cm³/mol. The Morgan fingerprint density at radius 2 is 2.30 bits per heavy atom. The molecule has 4 nitrogen and oxygen atoms in total. The number of aliphatic hydroxyl groups excluding tert-OH is 2. The maximum absolute atomic E-state index is 10.3. The Morgan fingerprint density at radius 1 is 1.50 bits per heavy atom. The number of pyridine rings is 1. The van der Waals surface area contributed by atoms with Gasteiger partial charge in [-0.1, -0.05) is 19.4 Å². The summed E-state index contributed by atoms with van der Waals surface area (Å²) in [6, 6.07) is 4.07. The summed E-state index contributed by atoms with van der Waals surface area (Å²) in [5.41, 5.74) is 1.93. The average Bonchev–Trinajstić information content (AvgIpc) is 2.45. The molecule has 1 aromatic rings. The number of rotatable bonds is 5. The zero-order chi connectivity index (χ0) is 14.6. The molecule has 2 heterocycles. The summed E-state index contributed by atoms with van der Waals surface area (Å²) in [5.74, 6) is 0. The second-order valence-corrected chi connectivity index (χ2v) is 6.03. The summed E-state index contributed by atoms with van der Waals surface area (Å²) in [5, 5.41) is 20.1. The zero-order valence-electron chi connectivity index (χ0n) is 12.5. The van der Waals surface area contributed by atoms with Gasteiger partial charge in [-0.3, -0.25) is 9.88 Å². The van der Waals surface area contributed by atoms with Crippen molar-refractivity contribution in [2.75, 3.05) is 19.7 Å². The Kier molecular flexibility index (Phi) is 5.13. The fourth-order valence-corrected chi connectivity index (χ4v) is 3.28. The minimum Gasteiger partial charge on any atom is -0.396 e. The topological polar surface area (TPSA) is 56.6 Å². The number of hydrogen-bond donors (Lipinski definition) is 2. The summed E-state index contributed by atoms with van der Waals surface area (Å²) >= 11 is 0. The number of aromatic nitrogens is 1. The maximum atomic E-state index is 10.3. The van der Waals surface area contributed by atoms with Gasteiger partial charge in [0, 0.05) is 36.9 Å². The van der Waals surface area contributed by atoms with Crippen LogP contribution in [0.25, 0.3) is 0 Å². The molecule has 1 aromatic heterocycles. The van der Waals surface area contributed by atoms with Crippen molar-refractivity contribution in [1.29, 1.82) is 0 Å². The number of hydrogen-bond acceptors (Lipinski definition) is 4. The van der Waals surface area contributed by atoms with Crippen molar-refractivity contribution in [3.63, 3.8) is 0 Å². The van der Waals surface area contributed by atoms with Crippen LogP contribution < -0.4 is 0 Å². The van der Waals surface area contributed by atoms with Crippen molar-refractivity contribution in [2.24, 2.45) is 5.41 Å². The van der Waals surface area contributed by atoms with E-state index in [-0.39, 0.29) is 12.0 Å². The molecule has 0 unspecified atom stereocenters. The van der Waals surface area contributed by atoms with Crippen molar-refractivity contribution in [2.45, 2.75) is 45.8 Å². The highest BCUT2D eigenvalue weighted by molar-refractivity contribution is 5.18. The summed E-state index contributed by atoms with van der Waals surface area (Å²) in [6.07, 6.45) is 4.01. The van der Waals surface area contributed by atoms with Gasteiger partial charge >= 0.3 is 0 Å². The molecule has 0 aliphatic carbocycles. The van der Waals surface area contributed by atoms with E-state index in [1.807, 2.05) is 19.2 Å². The van der Waals surface area contributed by atoms with Gasteiger partial charge in [0.2, 0.25) is 0 Å². The number of nitrogens with zero attached hydrogens (tertiary/aromatic N) is 2. The van der Waals surface area contributed by atoms with Crippen molar-refractivity contribution >= 4 is 0 Å². The molecule has 0 radical (unpaired) electrons. The number of aryl methyl sites for hydroxylation is 1. The zero-order valence-corrected chi connectivity index (χ0v) is 12.5. The molecular formula is C16H26N2O2. The van der Waals surface area contributed by atoms with Crippen molar-refractivity contribution in [3.8, 4) is 0 Å². The highest BCUT2D eigenvalue weighted by Crippen LogP contribution is 2.35. The molecule has 112 valence electrons. The second-order valence-electron chi connectivity index (χ2n) is 6.03. The van der Waals surface area contributed by atoms with Crippen LogP contribution in [-0.4, -0.2) is 45.9 Å². The van der Waals surface area contributed by atoms with Crippen LogP contribution in [0, 0.1) is 12.3 Å². The van der Waals surface area contributed by atoms with E-state index in [0.29, 0.717) is 0 Å². The van der Waals surface area contributed by atoms with E-state index in [0.717, 1.165) is 44.6 Å². The monoisotopic (exact) mass is 278 g/mol. The number of likely N-dealkylation sites (tertiary alicyclic amines) is 1. The third-order valence-electron chi connectivity index (χ3n) is 4.54. The quantitative estimate of drug-likeness (QED) is 0.861. The lowest BCUT2D eigenvalue weighted by molar-refractivity contribution is -0.0820. The molecule has 2 rings (SSSR count). The molecule has 1 saturated heterocycles. The second kappa shape index (κ2) is 6.66. The molecule has 20 heavy (non-hydrogen) atoms. The van der Waals surface area contributed by atoms with E-state index in [2.05, 4.69) is 22.9 Å². The highest BCUT2D eigenvalue weighted by atomic mass is 16.3. The highest BCUT2D eigenvalue weighted by Gasteiger charge is 2.41. The van der Waals surface area contributed by atoms with Gasteiger partial charge in [0.25, 0.3) is 0 Å². The van der Waals surface area contributed by atoms with Crippen molar-refractivity contribution in [3.05, 3.63) is 29.6 Å². The van der Waals surface area contributed by atoms with E-state index in [4.69, 9.17) is 0 Å². The van der Waals surface area contributed by atoms with E-state index in [1.54, 1.807) is 0 Å². The molecule has 0 aromatic carbocycles. The van der Waals surface area contributed by atoms with Crippen LogP contribution in [0.15, 0.2) is 18.3 Å². The lowest BCUT2D eigenvalue weighted by Crippen LogP contribution is -2.53. The third-order valence-corrected chi connectivity index (χ3v) is 4.54. The number of aliphatic hydroxyl groups is 2. The lowest BCUT2D eigenvalue weighted by Gasteiger charge is -2.45. The lowest BCUT2D eigenvalue weighted by atomic mass is 9.74. The van der Waals surface area contributed by atoms with Crippen molar-refractivity contribution in [1.82, 2.24) is 9.88 Å². The standard InChI is InChI=1S/C16H26N2O2/c1-3-7-16(12-19)11-18(9-6-15(16)20)10-14-5-4-8-17-13(14)2/h4-5,8,15,19-20H,3,6-7,9-12H2,1-2H3/t15-,16+/m0/s1. The fraction of sp³-hybridized carbons (Fsp3) is 0.688. The minimum absolute atomic E-state index is 0.0600. The van der Waals surface area contributed by atoms with Gasteiger partial charge in [0.05, 0.1) is 12.7 Å². The first-order chi connectivity index (χ1) is 9.61. The van der Waals surface area contributed by atoms with Gasteiger partial charge in [-0.05, 0) is 31.4 Å². The molecule has 0 bridgehead atoms. The fourth-order valence-electron chi connectivity index (χ4n) is 3.28. The average molecular weight is 278 g/mol. The van der Waals surface area contributed by atoms with Gasteiger partial charge in [-0.2, -0.15) is 0 Å². The molecule has 1 fully saturated rings. The molecule has 0 spiro atoms. The Morgan fingerprint density at radius 3 is 2.95 bits per heavy atom. The van der Waals surface area contributed by atoms with Crippen LogP contribution in [-0.2, 0) is 6.54 Å². The first-order valence-electron chi connectivity index (χ1n) is 7.53. The largest absolute Gasteiger partial charge is 0.396 e. The van der Waals surface area contributed by atoms with Crippen molar-refractivity contribution < 1.29 is 10.2 Å². The van der Waals surface area contributed by atoms with Gasteiger partial charge in [0.1, 0.15) is 0 Å². The van der Waals surface area contributed by atoms with Crippen LogP contribution >= 0.6 is 0 Å². The van der Waals surface area contributed by atoms with E-state index >= 15 is 0 Å². The summed E-state index contributed by atoms with van der Waals surface area (Å²) < 4.78 is 0. The van der Waals surface area contributed by atoms with Crippen LogP contribution in [0.1, 0.15) is 37.4 Å². The van der Waals surface area contributed by atoms with Gasteiger partial charge in [-0.15, -0.1) is 0 Å². The van der Waals surface area contributed by atoms with Crippen LogP contribution in [0.5, 0.6) is 0 Å².